The van der Waals surface area contributed by atoms with Crippen molar-refractivity contribution in [2.75, 3.05) is 20.4 Å². The first-order chi connectivity index (χ1) is 11.6. The average Bonchev–Trinajstić information content (AvgIpc) is 3.01. The van der Waals surface area contributed by atoms with E-state index in [9.17, 15) is 4.79 Å². The first-order valence-corrected chi connectivity index (χ1v) is 8.13. The Balaban J connectivity index is 1.48. The SMILES string of the molecule is Cc1ccccc1CNC(=O)C[NH+](C)Cc1ccc2c(c1)OCO2. The van der Waals surface area contributed by atoms with Crippen molar-refractivity contribution in [2.24, 2.45) is 0 Å². The Labute approximate surface area is 142 Å². The van der Waals surface area contributed by atoms with E-state index in [0.717, 1.165) is 34.1 Å². The molecule has 0 bridgehead atoms. The highest BCUT2D eigenvalue weighted by Gasteiger charge is 2.16. The molecule has 2 aromatic carbocycles. The molecule has 2 N–H and O–H groups in total. The largest absolute Gasteiger partial charge is 0.454 e. The van der Waals surface area contributed by atoms with E-state index in [4.69, 9.17) is 9.47 Å². The van der Waals surface area contributed by atoms with E-state index in [1.54, 1.807) is 0 Å². The number of nitrogens with one attached hydrogen (secondary N) is 2. The predicted octanol–water partition coefficient (Wildman–Crippen LogP) is 1.05. The third kappa shape index (κ3) is 4.06. The summed E-state index contributed by atoms with van der Waals surface area (Å²) in [5, 5.41) is 2.99. The summed E-state index contributed by atoms with van der Waals surface area (Å²) in [4.78, 5) is 13.3. The fourth-order valence-corrected chi connectivity index (χ4v) is 2.80. The normalized spacial score (nSPS) is 13.6. The lowest BCUT2D eigenvalue weighted by Gasteiger charge is -2.14. The van der Waals surface area contributed by atoms with Gasteiger partial charge in [-0.2, -0.15) is 0 Å². The molecule has 0 saturated heterocycles. The van der Waals surface area contributed by atoms with E-state index < -0.39 is 0 Å². The number of carbonyl (C=O) groups is 1. The molecule has 0 radical (unpaired) electrons. The minimum atomic E-state index is 0.0523. The molecule has 1 amide bonds. The summed E-state index contributed by atoms with van der Waals surface area (Å²) in [6.45, 7) is 4.10. The van der Waals surface area contributed by atoms with Crippen LogP contribution in [0.5, 0.6) is 11.5 Å². The van der Waals surface area contributed by atoms with Crippen LogP contribution in [0.3, 0.4) is 0 Å². The Morgan fingerprint density at radius 2 is 1.96 bits per heavy atom. The molecule has 1 unspecified atom stereocenters. The van der Waals surface area contributed by atoms with Crippen LogP contribution in [0.15, 0.2) is 42.5 Å². The van der Waals surface area contributed by atoms with Gasteiger partial charge in [0.1, 0.15) is 6.54 Å². The van der Waals surface area contributed by atoms with Gasteiger partial charge in [0, 0.05) is 12.1 Å². The van der Waals surface area contributed by atoms with Crippen LogP contribution in [-0.4, -0.2) is 26.3 Å². The van der Waals surface area contributed by atoms with Crippen molar-refractivity contribution in [1.82, 2.24) is 5.32 Å². The molecule has 126 valence electrons. The summed E-state index contributed by atoms with van der Waals surface area (Å²) in [7, 11) is 2.01. The molecule has 24 heavy (non-hydrogen) atoms. The van der Waals surface area contributed by atoms with Crippen LogP contribution in [0, 0.1) is 6.92 Å². The standard InChI is InChI=1S/C19H22N2O3/c1-14-5-3-4-6-16(14)10-20-19(22)12-21(2)11-15-7-8-17-18(9-15)24-13-23-17/h3-9H,10-13H2,1-2H3,(H,20,22)/p+1. The third-order valence-corrected chi connectivity index (χ3v) is 4.14. The molecule has 0 saturated carbocycles. The van der Waals surface area contributed by atoms with Crippen LogP contribution in [-0.2, 0) is 17.9 Å². The first kappa shape index (κ1) is 16.3. The van der Waals surface area contributed by atoms with Crippen molar-refractivity contribution in [3.8, 4) is 11.5 Å². The van der Waals surface area contributed by atoms with Gasteiger partial charge in [-0.25, -0.2) is 0 Å². The lowest BCUT2D eigenvalue weighted by molar-refractivity contribution is -0.885. The molecule has 1 aliphatic rings. The van der Waals surface area contributed by atoms with E-state index in [1.807, 2.05) is 43.4 Å². The first-order valence-electron chi connectivity index (χ1n) is 8.13. The Bertz CT molecular complexity index is 730. The highest BCUT2D eigenvalue weighted by Crippen LogP contribution is 2.32. The van der Waals surface area contributed by atoms with Crippen LogP contribution in [0.1, 0.15) is 16.7 Å². The van der Waals surface area contributed by atoms with E-state index in [2.05, 4.69) is 18.3 Å². The minimum Gasteiger partial charge on any atom is -0.454 e. The van der Waals surface area contributed by atoms with E-state index >= 15 is 0 Å². The minimum absolute atomic E-state index is 0.0523. The average molecular weight is 327 g/mol. The van der Waals surface area contributed by atoms with E-state index in [1.165, 1.54) is 5.56 Å². The number of hydrogen-bond donors (Lipinski definition) is 2. The number of benzene rings is 2. The zero-order chi connectivity index (χ0) is 16.9. The van der Waals surface area contributed by atoms with Gasteiger partial charge >= 0.3 is 0 Å². The predicted molar refractivity (Wildman–Crippen MR) is 91.0 cm³/mol. The summed E-state index contributed by atoms with van der Waals surface area (Å²) in [5.74, 6) is 1.62. The van der Waals surface area contributed by atoms with Crippen LogP contribution in [0.2, 0.25) is 0 Å². The molecule has 2 aromatic rings. The molecule has 1 aliphatic heterocycles. The molecule has 5 nitrogen and oxygen atoms in total. The van der Waals surface area contributed by atoms with Crippen molar-refractivity contribution < 1.29 is 19.2 Å². The molecule has 5 heteroatoms. The third-order valence-electron chi connectivity index (χ3n) is 4.14. The fourth-order valence-electron chi connectivity index (χ4n) is 2.80. The van der Waals surface area contributed by atoms with Crippen molar-refractivity contribution >= 4 is 5.91 Å². The number of likely N-dealkylation sites (N-methyl/N-ethyl adjacent to an activating group) is 1. The second kappa shape index (κ2) is 7.36. The highest BCUT2D eigenvalue weighted by molar-refractivity contribution is 5.76. The maximum absolute atomic E-state index is 12.1. The molecule has 0 aliphatic carbocycles. The number of carbonyl (C=O) groups excluding carboxylic acids is 1. The molecule has 0 aromatic heterocycles. The quantitative estimate of drug-likeness (QED) is 0.834. The number of rotatable bonds is 6. The van der Waals surface area contributed by atoms with Gasteiger partial charge in [0.05, 0.1) is 7.05 Å². The maximum Gasteiger partial charge on any atom is 0.275 e. The van der Waals surface area contributed by atoms with Crippen molar-refractivity contribution in [3.63, 3.8) is 0 Å². The molecule has 3 rings (SSSR count). The van der Waals surface area contributed by atoms with E-state index in [0.29, 0.717) is 13.1 Å². The van der Waals surface area contributed by atoms with E-state index in [-0.39, 0.29) is 12.7 Å². The number of hydrogen-bond acceptors (Lipinski definition) is 3. The van der Waals surface area contributed by atoms with Gasteiger partial charge in [-0.1, -0.05) is 24.3 Å². The van der Waals surface area contributed by atoms with Gasteiger partial charge in [0.25, 0.3) is 5.91 Å². The van der Waals surface area contributed by atoms with Gasteiger partial charge in [-0.3, -0.25) is 4.79 Å². The number of fused-ring (bicyclic) bond motifs is 1. The number of amides is 1. The molecular weight excluding hydrogens is 304 g/mol. The summed E-state index contributed by atoms with van der Waals surface area (Å²) in [6, 6.07) is 14.0. The van der Waals surface area contributed by atoms with Gasteiger partial charge in [-0.05, 0) is 36.2 Å². The van der Waals surface area contributed by atoms with Crippen LogP contribution < -0.4 is 19.7 Å². The Kier molecular flexibility index (Phi) is 5.01. The van der Waals surface area contributed by atoms with Crippen molar-refractivity contribution in [2.45, 2.75) is 20.0 Å². The summed E-state index contributed by atoms with van der Waals surface area (Å²) >= 11 is 0. The van der Waals surface area contributed by atoms with Gasteiger partial charge in [0.2, 0.25) is 6.79 Å². The lowest BCUT2D eigenvalue weighted by Crippen LogP contribution is -3.08. The van der Waals surface area contributed by atoms with Crippen LogP contribution >= 0.6 is 0 Å². The number of ether oxygens (including phenoxy) is 2. The molecule has 1 atom stereocenters. The lowest BCUT2D eigenvalue weighted by atomic mass is 10.1. The Morgan fingerprint density at radius 3 is 2.79 bits per heavy atom. The fraction of sp³-hybridized carbons (Fsp3) is 0.316. The topological polar surface area (TPSA) is 52.0 Å². The van der Waals surface area contributed by atoms with Crippen molar-refractivity contribution in [3.05, 3.63) is 59.2 Å². The molecular formula is C19H23N2O3+. The van der Waals surface area contributed by atoms with Crippen molar-refractivity contribution in [1.29, 1.82) is 0 Å². The molecule has 1 heterocycles. The van der Waals surface area contributed by atoms with Crippen LogP contribution in [0.25, 0.3) is 0 Å². The molecule has 0 fully saturated rings. The van der Waals surface area contributed by atoms with Gasteiger partial charge in [0.15, 0.2) is 18.0 Å². The highest BCUT2D eigenvalue weighted by atomic mass is 16.7. The van der Waals surface area contributed by atoms with Gasteiger partial charge in [-0.15, -0.1) is 0 Å². The Morgan fingerprint density at radius 1 is 1.17 bits per heavy atom. The number of aryl methyl sites for hydroxylation is 1. The summed E-state index contributed by atoms with van der Waals surface area (Å²) in [6.07, 6.45) is 0. The second-order valence-electron chi connectivity index (χ2n) is 6.20. The zero-order valence-electron chi connectivity index (χ0n) is 14.1. The van der Waals surface area contributed by atoms with Crippen LogP contribution in [0.4, 0.5) is 0 Å². The monoisotopic (exact) mass is 327 g/mol. The maximum atomic E-state index is 12.1. The Hall–Kier alpha value is -2.53. The second-order valence-corrected chi connectivity index (χ2v) is 6.20. The summed E-state index contributed by atoms with van der Waals surface area (Å²) < 4.78 is 10.7. The van der Waals surface area contributed by atoms with Gasteiger partial charge < -0.3 is 19.7 Å². The molecule has 0 spiro atoms. The number of quaternary nitrogens is 1. The zero-order valence-corrected chi connectivity index (χ0v) is 14.1. The summed E-state index contributed by atoms with van der Waals surface area (Å²) in [5.41, 5.74) is 3.47. The smallest absolute Gasteiger partial charge is 0.275 e.